The topological polar surface area (TPSA) is 84.1 Å². The molecule has 30 heavy (non-hydrogen) atoms. The Morgan fingerprint density at radius 2 is 1.87 bits per heavy atom. The highest BCUT2D eigenvalue weighted by molar-refractivity contribution is 6.12. The Balaban J connectivity index is 1.74. The van der Waals surface area contributed by atoms with Crippen molar-refractivity contribution in [3.63, 3.8) is 0 Å². The molecule has 0 spiro atoms. The Morgan fingerprint density at radius 3 is 2.60 bits per heavy atom. The van der Waals surface area contributed by atoms with Gasteiger partial charge < -0.3 is 15.0 Å². The van der Waals surface area contributed by atoms with Crippen molar-refractivity contribution in [2.75, 3.05) is 12.4 Å². The fourth-order valence-electron chi connectivity index (χ4n) is 3.43. The molecule has 6 heteroatoms. The SMILES string of the molecule is COc1cc(NC(C(=O)c2c[nH]c3cc(C(C)=O)ccc23)c2ccccc2)ccn1. The van der Waals surface area contributed by atoms with Crippen LogP contribution < -0.4 is 10.1 Å². The van der Waals surface area contributed by atoms with E-state index in [0.717, 1.165) is 22.2 Å². The van der Waals surface area contributed by atoms with Crippen LogP contribution in [-0.2, 0) is 0 Å². The van der Waals surface area contributed by atoms with E-state index in [2.05, 4.69) is 15.3 Å². The number of carbonyl (C=O) groups excluding carboxylic acids is 2. The van der Waals surface area contributed by atoms with E-state index >= 15 is 0 Å². The highest BCUT2D eigenvalue weighted by Crippen LogP contribution is 2.29. The molecule has 1 atom stereocenters. The van der Waals surface area contributed by atoms with Crippen molar-refractivity contribution in [1.82, 2.24) is 9.97 Å². The van der Waals surface area contributed by atoms with Gasteiger partial charge in [-0.2, -0.15) is 0 Å². The number of carbonyl (C=O) groups is 2. The number of anilines is 1. The average Bonchev–Trinajstić information content (AvgIpc) is 3.21. The maximum Gasteiger partial charge on any atom is 0.214 e. The number of ketones is 2. The van der Waals surface area contributed by atoms with Crippen molar-refractivity contribution in [2.24, 2.45) is 0 Å². The minimum Gasteiger partial charge on any atom is -0.481 e. The van der Waals surface area contributed by atoms with Crippen LogP contribution in [0.15, 0.2) is 73.1 Å². The fraction of sp³-hybridized carbons (Fsp3) is 0.125. The molecule has 2 heterocycles. The zero-order valence-electron chi connectivity index (χ0n) is 16.7. The number of methoxy groups -OCH3 is 1. The number of hydrogen-bond donors (Lipinski definition) is 2. The summed E-state index contributed by atoms with van der Waals surface area (Å²) in [5.41, 5.74) is 3.48. The lowest BCUT2D eigenvalue weighted by Gasteiger charge is -2.19. The lowest BCUT2D eigenvalue weighted by molar-refractivity contribution is 0.0970. The van der Waals surface area contributed by atoms with Crippen LogP contribution in [0.5, 0.6) is 5.88 Å². The molecule has 2 aromatic heterocycles. The highest BCUT2D eigenvalue weighted by atomic mass is 16.5. The van der Waals surface area contributed by atoms with Gasteiger partial charge in [0.1, 0.15) is 6.04 Å². The molecule has 2 aromatic carbocycles. The van der Waals surface area contributed by atoms with Crippen LogP contribution in [0.1, 0.15) is 39.2 Å². The number of aromatic nitrogens is 2. The van der Waals surface area contributed by atoms with Crippen molar-refractivity contribution in [1.29, 1.82) is 0 Å². The first-order valence-electron chi connectivity index (χ1n) is 9.54. The maximum absolute atomic E-state index is 13.6. The van der Waals surface area contributed by atoms with Crippen LogP contribution in [0.3, 0.4) is 0 Å². The number of Topliss-reactive ketones (excluding diaryl/α,β-unsaturated/α-hetero) is 2. The Bertz CT molecular complexity index is 1210. The number of fused-ring (bicyclic) bond motifs is 1. The molecule has 0 aliphatic rings. The van der Waals surface area contributed by atoms with E-state index in [4.69, 9.17) is 4.74 Å². The second-order valence-corrected chi connectivity index (χ2v) is 6.96. The first-order valence-corrected chi connectivity index (χ1v) is 9.54. The number of benzene rings is 2. The summed E-state index contributed by atoms with van der Waals surface area (Å²) in [5.74, 6) is 0.358. The lowest BCUT2D eigenvalue weighted by atomic mass is 9.96. The smallest absolute Gasteiger partial charge is 0.214 e. The number of ether oxygens (including phenoxy) is 1. The van der Waals surface area contributed by atoms with Crippen molar-refractivity contribution in [3.8, 4) is 5.88 Å². The summed E-state index contributed by atoms with van der Waals surface area (Å²) in [6.45, 7) is 1.52. The molecule has 0 saturated heterocycles. The molecule has 2 N–H and O–H groups in total. The van der Waals surface area contributed by atoms with Gasteiger partial charge >= 0.3 is 0 Å². The van der Waals surface area contributed by atoms with Gasteiger partial charge in [-0.15, -0.1) is 0 Å². The average molecular weight is 399 g/mol. The molecule has 0 radical (unpaired) electrons. The van der Waals surface area contributed by atoms with Crippen LogP contribution in [0.2, 0.25) is 0 Å². The third kappa shape index (κ3) is 3.80. The number of pyridine rings is 1. The Labute approximate surface area is 173 Å². The van der Waals surface area contributed by atoms with Crippen LogP contribution >= 0.6 is 0 Å². The van der Waals surface area contributed by atoms with Crippen molar-refractivity contribution < 1.29 is 14.3 Å². The zero-order chi connectivity index (χ0) is 21.1. The van der Waals surface area contributed by atoms with Crippen LogP contribution in [-0.4, -0.2) is 28.6 Å². The van der Waals surface area contributed by atoms with Gasteiger partial charge in [-0.25, -0.2) is 4.98 Å². The molecule has 150 valence electrons. The van der Waals surface area contributed by atoms with Crippen LogP contribution in [0, 0.1) is 0 Å². The van der Waals surface area contributed by atoms with E-state index in [-0.39, 0.29) is 11.6 Å². The minimum absolute atomic E-state index is 0.0187. The van der Waals surface area contributed by atoms with Gasteiger partial charge in [0.25, 0.3) is 0 Å². The lowest BCUT2D eigenvalue weighted by Crippen LogP contribution is -2.21. The largest absolute Gasteiger partial charge is 0.481 e. The second-order valence-electron chi connectivity index (χ2n) is 6.96. The molecule has 0 saturated carbocycles. The summed E-state index contributed by atoms with van der Waals surface area (Å²) >= 11 is 0. The van der Waals surface area contributed by atoms with Gasteiger partial charge in [-0.3, -0.25) is 9.59 Å². The Kier molecular flexibility index (Phi) is 5.30. The summed E-state index contributed by atoms with van der Waals surface area (Å²) in [5, 5.41) is 4.09. The Morgan fingerprint density at radius 1 is 1.07 bits per heavy atom. The zero-order valence-corrected chi connectivity index (χ0v) is 16.7. The number of nitrogens with one attached hydrogen (secondary N) is 2. The van der Waals surface area contributed by atoms with E-state index < -0.39 is 6.04 Å². The molecule has 4 aromatic rings. The number of rotatable bonds is 7. The summed E-state index contributed by atoms with van der Waals surface area (Å²) in [6, 6.07) is 17.8. The van der Waals surface area contributed by atoms with E-state index in [1.165, 1.54) is 6.92 Å². The quantitative estimate of drug-likeness (QED) is 0.436. The molecule has 0 aliphatic heterocycles. The van der Waals surface area contributed by atoms with Gasteiger partial charge in [0.15, 0.2) is 11.6 Å². The predicted octanol–water partition coefficient (Wildman–Crippen LogP) is 4.81. The summed E-state index contributed by atoms with van der Waals surface area (Å²) in [7, 11) is 1.55. The maximum atomic E-state index is 13.6. The van der Waals surface area contributed by atoms with E-state index in [0.29, 0.717) is 17.0 Å². The van der Waals surface area contributed by atoms with Crippen molar-refractivity contribution in [2.45, 2.75) is 13.0 Å². The van der Waals surface area contributed by atoms with Gasteiger partial charge in [-0.05, 0) is 24.6 Å². The molecule has 0 fully saturated rings. The van der Waals surface area contributed by atoms with E-state index in [9.17, 15) is 9.59 Å². The predicted molar refractivity (Wildman–Crippen MR) is 116 cm³/mol. The standard InChI is InChI=1S/C24H21N3O3/c1-15(28)17-8-9-19-20(14-26-21(19)12-17)24(29)23(16-6-4-3-5-7-16)27-18-10-11-25-22(13-18)30-2/h3-14,23,26H,1-2H3,(H,25,27). The highest BCUT2D eigenvalue weighted by Gasteiger charge is 2.25. The van der Waals surface area contributed by atoms with E-state index in [1.54, 1.807) is 43.8 Å². The third-order valence-electron chi connectivity index (χ3n) is 5.00. The number of nitrogens with zero attached hydrogens (tertiary/aromatic N) is 1. The molecule has 1 unspecified atom stereocenters. The monoisotopic (exact) mass is 399 g/mol. The molecular weight excluding hydrogens is 378 g/mol. The van der Waals surface area contributed by atoms with Crippen molar-refractivity contribution >= 4 is 28.2 Å². The fourth-order valence-corrected chi connectivity index (χ4v) is 3.43. The molecule has 4 rings (SSSR count). The molecular formula is C24H21N3O3. The first kappa shape index (κ1) is 19.4. The van der Waals surface area contributed by atoms with Crippen LogP contribution in [0.25, 0.3) is 10.9 Å². The van der Waals surface area contributed by atoms with E-state index in [1.807, 2.05) is 36.4 Å². The number of aromatic amines is 1. The summed E-state index contributed by atoms with van der Waals surface area (Å²) < 4.78 is 5.19. The number of H-pyrrole nitrogens is 1. The number of hydrogen-bond acceptors (Lipinski definition) is 5. The molecule has 0 bridgehead atoms. The molecule has 0 amide bonds. The minimum atomic E-state index is -0.607. The third-order valence-corrected chi connectivity index (χ3v) is 5.00. The van der Waals surface area contributed by atoms with Crippen LogP contribution in [0.4, 0.5) is 5.69 Å². The normalized spacial score (nSPS) is 11.8. The van der Waals surface area contributed by atoms with Crippen molar-refractivity contribution in [3.05, 3.63) is 89.7 Å². The van der Waals surface area contributed by atoms with Gasteiger partial charge in [0.2, 0.25) is 5.88 Å². The second kappa shape index (κ2) is 8.21. The van der Waals surface area contributed by atoms with Gasteiger partial charge in [0.05, 0.1) is 7.11 Å². The summed E-state index contributed by atoms with van der Waals surface area (Å²) in [4.78, 5) is 32.5. The Hall–Kier alpha value is -3.93. The first-order chi connectivity index (χ1) is 14.6. The molecule has 0 aliphatic carbocycles. The van der Waals surface area contributed by atoms with Gasteiger partial charge in [-0.1, -0.05) is 42.5 Å². The summed E-state index contributed by atoms with van der Waals surface area (Å²) in [6.07, 6.45) is 3.32. The molecule has 6 nitrogen and oxygen atoms in total. The van der Waals surface area contributed by atoms with Gasteiger partial charge in [0, 0.05) is 46.2 Å².